The van der Waals surface area contributed by atoms with Gasteiger partial charge in [-0.2, -0.15) is 0 Å². The van der Waals surface area contributed by atoms with Gasteiger partial charge < -0.3 is 16.0 Å². The first-order valence-corrected chi connectivity index (χ1v) is 7.52. The summed E-state index contributed by atoms with van der Waals surface area (Å²) in [6.07, 6.45) is 0. The van der Waals surface area contributed by atoms with Crippen molar-refractivity contribution in [3.8, 4) is 0 Å². The first-order valence-electron chi connectivity index (χ1n) is 7.15. The summed E-state index contributed by atoms with van der Waals surface area (Å²) in [6, 6.07) is 13.1. The third kappa shape index (κ3) is 4.67. The van der Waals surface area contributed by atoms with Crippen molar-refractivity contribution in [2.75, 3.05) is 10.6 Å². The van der Waals surface area contributed by atoms with Gasteiger partial charge in [0.2, 0.25) is 0 Å². The lowest BCUT2D eigenvalue weighted by atomic mass is 10.2. The Bertz CT molecular complexity index is 653. The van der Waals surface area contributed by atoms with Crippen LogP contribution in [0, 0.1) is 6.92 Å². The smallest absolute Gasteiger partial charge is 0.319 e. The van der Waals surface area contributed by atoms with Crippen LogP contribution in [0.3, 0.4) is 0 Å². The van der Waals surface area contributed by atoms with Crippen molar-refractivity contribution in [2.24, 2.45) is 0 Å². The van der Waals surface area contributed by atoms with E-state index in [2.05, 4.69) is 16.0 Å². The van der Waals surface area contributed by atoms with Crippen LogP contribution in [0.2, 0.25) is 5.02 Å². The lowest BCUT2D eigenvalue weighted by Crippen LogP contribution is -2.34. The second kappa shape index (κ2) is 7.18. The van der Waals surface area contributed by atoms with Gasteiger partial charge in [0, 0.05) is 28.1 Å². The topological polar surface area (TPSA) is 53.2 Å². The highest BCUT2D eigenvalue weighted by atomic mass is 35.5. The van der Waals surface area contributed by atoms with E-state index in [0.29, 0.717) is 0 Å². The molecule has 0 aliphatic rings. The van der Waals surface area contributed by atoms with Crippen molar-refractivity contribution in [2.45, 2.75) is 26.8 Å². The first-order chi connectivity index (χ1) is 10.4. The minimum atomic E-state index is -0.204. The fraction of sp³-hybridized carbons (Fsp3) is 0.235. The Morgan fingerprint density at radius 1 is 1.05 bits per heavy atom. The van der Waals surface area contributed by atoms with E-state index in [1.165, 1.54) is 0 Å². The maximum Gasteiger partial charge on any atom is 0.319 e. The van der Waals surface area contributed by atoms with Crippen LogP contribution in [0.4, 0.5) is 21.9 Å². The van der Waals surface area contributed by atoms with Crippen molar-refractivity contribution in [1.82, 2.24) is 5.32 Å². The van der Waals surface area contributed by atoms with Crippen LogP contribution in [0.25, 0.3) is 0 Å². The molecule has 2 rings (SSSR count). The predicted molar refractivity (Wildman–Crippen MR) is 93.2 cm³/mol. The van der Waals surface area contributed by atoms with Crippen LogP contribution in [0.1, 0.15) is 19.4 Å². The van der Waals surface area contributed by atoms with Gasteiger partial charge in [-0.25, -0.2) is 4.79 Å². The van der Waals surface area contributed by atoms with E-state index < -0.39 is 0 Å². The fourth-order valence-corrected chi connectivity index (χ4v) is 2.22. The van der Waals surface area contributed by atoms with E-state index in [1.807, 2.05) is 63.2 Å². The number of urea groups is 1. The molecule has 0 unspecified atom stereocenters. The van der Waals surface area contributed by atoms with Crippen molar-refractivity contribution in [3.05, 3.63) is 53.1 Å². The third-order valence-electron chi connectivity index (χ3n) is 3.03. The number of hydrogen-bond donors (Lipinski definition) is 3. The molecule has 0 radical (unpaired) electrons. The maximum atomic E-state index is 11.6. The number of halogens is 1. The highest BCUT2D eigenvalue weighted by molar-refractivity contribution is 6.30. The molecule has 5 heteroatoms. The van der Waals surface area contributed by atoms with Gasteiger partial charge in [-0.15, -0.1) is 0 Å². The van der Waals surface area contributed by atoms with E-state index in [4.69, 9.17) is 11.6 Å². The van der Waals surface area contributed by atoms with E-state index in [1.54, 1.807) is 0 Å². The summed E-state index contributed by atoms with van der Waals surface area (Å²) in [5.74, 6) is 0. The number of rotatable bonds is 4. The lowest BCUT2D eigenvalue weighted by molar-refractivity contribution is 0.250. The molecule has 3 N–H and O–H groups in total. The molecule has 4 nitrogen and oxygen atoms in total. The zero-order valence-electron chi connectivity index (χ0n) is 12.9. The molecule has 2 amide bonds. The van der Waals surface area contributed by atoms with Crippen LogP contribution in [0.5, 0.6) is 0 Å². The summed E-state index contributed by atoms with van der Waals surface area (Å²) in [7, 11) is 0. The summed E-state index contributed by atoms with van der Waals surface area (Å²) in [6.45, 7) is 5.84. The van der Waals surface area contributed by atoms with Gasteiger partial charge in [0.25, 0.3) is 0 Å². The van der Waals surface area contributed by atoms with E-state index in [-0.39, 0.29) is 12.1 Å². The van der Waals surface area contributed by atoms with Crippen molar-refractivity contribution < 1.29 is 4.79 Å². The molecule has 0 aliphatic carbocycles. The summed E-state index contributed by atoms with van der Waals surface area (Å²) < 4.78 is 0. The van der Waals surface area contributed by atoms with Crippen molar-refractivity contribution in [1.29, 1.82) is 0 Å². The molecule has 22 heavy (non-hydrogen) atoms. The maximum absolute atomic E-state index is 11.6. The number of hydrogen-bond acceptors (Lipinski definition) is 2. The van der Waals surface area contributed by atoms with Crippen molar-refractivity contribution >= 4 is 34.7 Å². The zero-order valence-corrected chi connectivity index (χ0v) is 13.7. The van der Waals surface area contributed by atoms with E-state index >= 15 is 0 Å². The largest absolute Gasteiger partial charge is 0.355 e. The van der Waals surface area contributed by atoms with Crippen LogP contribution in [0.15, 0.2) is 42.5 Å². The highest BCUT2D eigenvalue weighted by Crippen LogP contribution is 2.24. The SMILES string of the molecule is Cc1cc(Cl)ccc1Nc1ccc(NC(=O)NC(C)C)cc1. The van der Waals surface area contributed by atoms with E-state index in [9.17, 15) is 4.79 Å². The number of anilines is 3. The molecule has 2 aromatic rings. The lowest BCUT2D eigenvalue weighted by Gasteiger charge is -2.12. The quantitative estimate of drug-likeness (QED) is 0.749. The normalized spacial score (nSPS) is 10.4. The second-order valence-corrected chi connectivity index (χ2v) is 5.85. The number of amides is 2. The Morgan fingerprint density at radius 2 is 1.68 bits per heavy atom. The monoisotopic (exact) mass is 317 g/mol. The molecule has 0 heterocycles. The van der Waals surface area contributed by atoms with Gasteiger partial charge in [-0.1, -0.05) is 11.6 Å². The van der Waals surface area contributed by atoms with Gasteiger partial charge in [-0.3, -0.25) is 0 Å². The molecule has 0 saturated carbocycles. The van der Waals surface area contributed by atoms with Gasteiger partial charge in [0.1, 0.15) is 0 Å². The number of carbonyl (C=O) groups is 1. The molecule has 0 spiro atoms. The van der Waals surface area contributed by atoms with E-state index in [0.717, 1.165) is 27.6 Å². The Kier molecular flexibility index (Phi) is 5.28. The Balaban J connectivity index is 2.01. The minimum Gasteiger partial charge on any atom is -0.355 e. The molecule has 0 bridgehead atoms. The summed E-state index contributed by atoms with van der Waals surface area (Å²) >= 11 is 5.95. The highest BCUT2D eigenvalue weighted by Gasteiger charge is 2.04. The summed E-state index contributed by atoms with van der Waals surface area (Å²) in [4.78, 5) is 11.6. The third-order valence-corrected chi connectivity index (χ3v) is 3.27. The summed E-state index contributed by atoms with van der Waals surface area (Å²) in [5.41, 5.74) is 3.77. The van der Waals surface area contributed by atoms with Gasteiger partial charge in [-0.05, 0) is 68.8 Å². The molecular weight excluding hydrogens is 298 g/mol. The van der Waals surface area contributed by atoms with Crippen LogP contribution in [-0.2, 0) is 0 Å². The average molecular weight is 318 g/mol. The van der Waals surface area contributed by atoms with Crippen LogP contribution < -0.4 is 16.0 Å². The van der Waals surface area contributed by atoms with Crippen LogP contribution >= 0.6 is 11.6 Å². The minimum absolute atomic E-state index is 0.105. The van der Waals surface area contributed by atoms with Gasteiger partial charge >= 0.3 is 6.03 Å². The van der Waals surface area contributed by atoms with Crippen molar-refractivity contribution in [3.63, 3.8) is 0 Å². The molecule has 0 fully saturated rings. The predicted octanol–water partition coefficient (Wildman–Crippen LogP) is 4.92. The fourth-order valence-electron chi connectivity index (χ4n) is 1.99. The first kappa shape index (κ1) is 16.2. The standard InChI is InChI=1S/C17H20ClN3O/c1-11(2)19-17(22)21-15-7-5-14(6-8-15)20-16-9-4-13(18)10-12(16)3/h4-11,20H,1-3H3,(H2,19,21,22). The summed E-state index contributed by atoms with van der Waals surface area (Å²) in [5, 5.41) is 9.61. The number of benzene rings is 2. The molecule has 0 aliphatic heterocycles. The molecule has 0 atom stereocenters. The Hall–Kier alpha value is -2.20. The molecule has 0 saturated heterocycles. The molecular formula is C17H20ClN3O. The zero-order chi connectivity index (χ0) is 16.1. The molecule has 116 valence electrons. The Morgan fingerprint density at radius 3 is 2.27 bits per heavy atom. The van der Waals surface area contributed by atoms with Gasteiger partial charge in [0.15, 0.2) is 0 Å². The molecule has 2 aromatic carbocycles. The molecule has 0 aromatic heterocycles. The second-order valence-electron chi connectivity index (χ2n) is 5.41. The van der Waals surface area contributed by atoms with Gasteiger partial charge in [0.05, 0.1) is 0 Å². The van der Waals surface area contributed by atoms with Crippen LogP contribution in [-0.4, -0.2) is 12.1 Å². The number of nitrogens with one attached hydrogen (secondary N) is 3. The Labute approximate surface area is 135 Å². The number of aryl methyl sites for hydroxylation is 1. The average Bonchev–Trinajstić information content (AvgIpc) is 2.43. The number of carbonyl (C=O) groups excluding carboxylic acids is 1.